The van der Waals surface area contributed by atoms with Gasteiger partial charge in [0.15, 0.2) is 0 Å². The minimum absolute atomic E-state index is 0.521. The Hall–Kier alpha value is -0.260. The molecule has 168 valence electrons. The number of allylic oxidation sites excluding steroid dienone is 2. The van der Waals surface area contributed by atoms with E-state index in [1.54, 1.807) is 0 Å². The Kier molecular flexibility index (Phi) is 18.6. The van der Waals surface area contributed by atoms with Gasteiger partial charge < -0.3 is 0 Å². The summed E-state index contributed by atoms with van der Waals surface area (Å²) in [4.78, 5) is 0. The van der Waals surface area contributed by atoms with Gasteiger partial charge in [-0.05, 0) is 63.2 Å². The zero-order valence-electron chi connectivity index (χ0n) is 20.9. The summed E-state index contributed by atoms with van der Waals surface area (Å²) < 4.78 is 0. The zero-order valence-corrected chi connectivity index (χ0v) is 20.9. The van der Waals surface area contributed by atoms with Gasteiger partial charge in [-0.3, -0.25) is 0 Å². The van der Waals surface area contributed by atoms with E-state index >= 15 is 0 Å². The maximum absolute atomic E-state index is 2.39. The van der Waals surface area contributed by atoms with Crippen LogP contribution in [0.25, 0.3) is 0 Å². The molecule has 0 saturated carbocycles. The van der Waals surface area contributed by atoms with Crippen molar-refractivity contribution in [2.45, 2.75) is 164 Å². The average molecular weight is 393 g/mol. The van der Waals surface area contributed by atoms with Crippen molar-refractivity contribution in [3.8, 4) is 0 Å². The summed E-state index contributed by atoms with van der Waals surface area (Å²) in [5.74, 6) is 0. The van der Waals surface area contributed by atoms with Crippen molar-refractivity contribution in [3.05, 3.63) is 11.1 Å². The Bertz CT molecular complexity index is 344. The number of hydrogen-bond donors (Lipinski definition) is 0. The molecule has 0 aromatic heterocycles. The highest BCUT2D eigenvalue weighted by atomic mass is 14.4. The molecule has 0 aliphatic carbocycles. The lowest BCUT2D eigenvalue weighted by molar-refractivity contribution is 0.239. The molecule has 0 bridgehead atoms. The molecule has 0 spiro atoms. The molecular formula is C28H56. The normalized spacial score (nSPS) is 11.8. The molecule has 0 unspecified atom stereocenters. The zero-order chi connectivity index (χ0) is 21.1. The molecule has 0 fully saturated rings. The van der Waals surface area contributed by atoms with Gasteiger partial charge in [-0.15, -0.1) is 0 Å². The van der Waals surface area contributed by atoms with Gasteiger partial charge in [-0.1, -0.05) is 117 Å². The third kappa shape index (κ3) is 11.1. The molecule has 0 heteroatoms. The first-order chi connectivity index (χ1) is 13.7. The van der Waals surface area contributed by atoms with Gasteiger partial charge in [0.2, 0.25) is 0 Å². The van der Waals surface area contributed by atoms with E-state index in [2.05, 4.69) is 41.5 Å². The molecule has 28 heavy (non-hydrogen) atoms. The molecule has 0 atom stereocenters. The molecule has 0 radical (unpaired) electrons. The molecule has 0 nitrogen and oxygen atoms in total. The first kappa shape index (κ1) is 27.7. The van der Waals surface area contributed by atoms with E-state index in [0.717, 1.165) is 0 Å². The van der Waals surface area contributed by atoms with Gasteiger partial charge >= 0.3 is 0 Å². The molecule has 0 aliphatic rings. The van der Waals surface area contributed by atoms with E-state index in [1.807, 2.05) is 11.1 Å². The third-order valence-electron chi connectivity index (χ3n) is 6.79. The fourth-order valence-corrected chi connectivity index (χ4v) is 4.95. The van der Waals surface area contributed by atoms with E-state index in [0.29, 0.717) is 5.41 Å². The van der Waals surface area contributed by atoms with E-state index in [-0.39, 0.29) is 0 Å². The van der Waals surface area contributed by atoms with Crippen molar-refractivity contribution in [2.75, 3.05) is 0 Å². The van der Waals surface area contributed by atoms with E-state index in [1.165, 1.54) is 122 Å². The second-order valence-electron chi connectivity index (χ2n) is 9.34. The lowest BCUT2D eigenvalue weighted by atomic mass is 9.65. The second kappa shape index (κ2) is 18.7. The standard InChI is InChI=1S/C28H56/c1-7-13-19-25-28(23-17-11-5,24-18-12-6)27(22-16-10-4)26(20-14-8-2)21-15-9-3/h7-25H2,1-6H3. The summed E-state index contributed by atoms with van der Waals surface area (Å²) in [6.45, 7) is 14.3. The Morgan fingerprint density at radius 3 is 1.25 bits per heavy atom. The van der Waals surface area contributed by atoms with Gasteiger partial charge in [-0.25, -0.2) is 0 Å². The van der Waals surface area contributed by atoms with Crippen LogP contribution in [0.15, 0.2) is 11.1 Å². The van der Waals surface area contributed by atoms with Crippen molar-refractivity contribution in [3.63, 3.8) is 0 Å². The van der Waals surface area contributed by atoms with Gasteiger partial charge in [0.1, 0.15) is 0 Å². The Balaban J connectivity index is 6.08. The molecular weight excluding hydrogens is 336 g/mol. The fourth-order valence-electron chi connectivity index (χ4n) is 4.95. The summed E-state index contributed by atoms with van der Waals surface area (Å²) in [6.07, 6.45) is 26.4. The number of hydrogen-bond acceptors (Lipinski definition) is 0. The van der Waals surface area contributed by atoms with Crippen LogP contribution in [0.3, 0.4) is 0 Å². The molecule has 0 aliphatic heterocycles. The van der Waals surface area contributed by atoms with Crippen LogP contribution in [-0.4, -0.2) is 0 Å². The minimum atomic E-state index is 0.521. The van der Waals surface area contributed by atoms with E-state index in [4.69, 9.17) is 0 Å². The Morgan fingerprint density at radius 2 is 0.821 bits per heavy atom. The number of unbranched alkanes of at least 4 members (excludes halogenated alkanes) is 7. The quantitative estimate of drug-likeness (QED) is 0.143. The molecule has 0 rings (SSSR count). The van der Waals surface area contributed by atoms with Gasteiger partial charge in [-0.2, -0.15) is 0 Å². The SMILES string of the molecule is CCCCCC(CCCC)(CCCC)C(CCCC)=C(CCCC)CCCC. The van der Waals surface area contributed by atoms with Gasteiger partial charge in [0, 0.05) is 0 Å². The largest absolute Gasteiger partial charge is 0.0704 e. The molecule has 0 N–H and O–H groups in total. The van der Waals surface area contributed by atoms with Crippen LogP contribution >= 0.6 is 0 Å². The maximum Gasteiger partial charge on any atom is -0.00854 e. The smallest absolute Gasteiger partial charge is 0.00854 e. The second-order valence-corrected chi connectivity index (χ2v) is 9.34. The molecule has 0 aromatic carbocycles. The maximum atomic E-state index is 2.39. The van der Waals surface area contributed by atoms with Crippen LogP contribution in [0, 0.1) is 5.41 Å². The third-order valence-corrected chi connectivity index (χ3v) is 6.79. The van der Waals surface area contributed by atoms with Crippen molar-refractivity contribution in [1.29, 1.82) is 0 Å². The van der Waals surface area contributed by atoms with Crippen molar-refractivity contribution in [1.82, 2.24) is 0 Å². The van der Waals surface area contributed by atoms with Gasteiger partial charge in [0.25, 0.3) is 0 Å². The minimum Gasteiger partial charge on any atom is -0.0704 e. The highest BCUT2D eigenvalue weighted by Gasteiger charge is 2.33. The summed E-state index contributed by atoms with van der Waals surface area (Å²) in [7, 11) is 0. The van der Waals surface area contributed by atoms with Crippen molar-refractivity contribution >= 4 is 0 Å². The lowest BCUT2D eigenvalue weighted by Gasteiger charge is -2.40. The van der Waals surface area contributed by atoms with Crippen LogP contribution in [-0.2, 0) is 0 Å². The van der Waals surface area contributed by atoms with Crippen LogP contribution in [0.4, 0.5) is 0 Å². The van der Waals surface area contributed by atoms with Crippen LogP contribution in [0.5, 0.6) is 0 Å². The van der Waals surface area contributed by atoms with Crippen molar-refractivity contribution in [2.24, 2.45) is 5.41 Å². The van der Waals surface area contributed by atoms with Crippen LogP contribution in [0.2, 0.25) is 0 Å². The fraction of sp³-hybridized carbons (Fsp3) is 0.929. The van der Waals surface area contributed by atoms with Crippen LogP contribution < -0.4 is 0 Å². The average Bonchev–Trinajstić information content (AvgIpc) is 2.71. The first-order valence-corrected chi connectivity index (χ1v) is 13.4. The number of rotatable bonds is 20. The topological polar surface area (TPSA) is 0 Å². The monoisotopic (exact) mass is 392 g/mol. The highest BCUT2D eigenvalue weighted by Crippen LogP contribution is 2.48. The van der Waals surface area contributed by atoms with Crippen molar-refractivity contribution < 1.29 is 0 Å². The predicted molar refractivity (Wildman–Crippen MR) is 131 cm³/mol. The van der Waals surface area contributed by atoms with Gasteiger partial charge in [0.05, 0.1) is 0 Å². The summed E-state index contributed by atoms with van der Waals surface area (Å²) >= 11 is 0. The summed E-state index contributed by atoms with van der Waals surface area (Å²) in [5.41, 5.74) is 4.39. The molecule has 0 amide bonds. The molecule has 0 aromatic rings. The molecule has 0 saturated heterocycles. The van der Waals surface area contributed by atoms with E-state index in [9.17, 15) is 0 Å². The summed E-state index contributed by atoms with van der Waals surface area (Å²) in [5, 5.41) is 0. The first-order valence-electron chi connectivity index (χ1n) is 13.4. The van der Waals surface area contributed by atoms with Crippen LogP contribution in [0.1, 0.15) is 164 Å². The summed E-state index contributed by atoms with van der Waals surface area (Å²) in [6, 6.07) is 0. The highest BCUT2D eigenvalue weighted by molar-refractivity contribution is 5.23. The lowest BCUT2D eigenvalue weighted by Crippen LogP contribution is -2.26. The van der Waals surface area contributed by atoms with E-state index < -0.39 is 0 Å². The Morgan fingerprint density at radius 1 is 0.429 bits per heavy atom. The predicted octanol–water partition coefficient (Wildman–Crippen LogP) is 10.8. The Labute approximate surface area is 180 Å². The molecule has 0 heterocycles.